The summed E-state index contributed by atoms with van der Waals surface area (Å²) in [5, 5.41) is 11.0. The Labute approximate surface area is 164 Å². The van der Waals surface area contributed by atoms with Crippen molar-refractivity contribution in [3.8, 4) is 5.75 Å². The number of fused-ring (bicyclic) bond motifs is 1. The van der Waals surface area contributed by atoms with E-state index in [-0.39, 0.29) is 18.2 Å². The van der Waals surface area contributed by atoms with Crippen molar-refractivity contribution in [1.82, 2.24) is 0 Å². The number of rotatable bonds is 4. The molecule has 2 aromatic rings. The van der Waals surface area contributed by atoms with Crippen molar-refractivity contribution >= 4 is 39.4 Å². The van der Waals surface area contributed by atoms with Gasteiger partial charge in [0.25, 0.3) is 11.6 Å². The topological polar surface area (TPSA) is 85.0 Å². The van der Waals surface area contributed by atoms with E-state index < -0.39 is 4.92 Å². The molecule has 0 spiro atoms. The highest BCUT2D eigenvalue weighted by molar-refractivity contribution is 9.10. The number of nitro benzene ring substituents is 1. The van der Waals surface area contributed by atoms with Gasteiger partial charge in [-0.2, -0.15) is 0 Å². The highest BCUT2D eigenvalue weighted by Gasteiger charge is 2.22. The van der Waals surface area contributed by atoms with Crippen molar-refractivity contribution in [1.29, 1.82) is 0 Å². The zero-order valence-electron chi connectivity index (χ0n) is 14.9. The zero-order valence-corrected chi connectivity index (χ0v) is 16.5. The Balaban J connectivity index is 1.81. The van der Waals surface area contributed by atoms with E-state index in [0.717, 1.165) is 15.6 Å². The normalized spacial score (nSPS) is 13.1. The predicted octanol–water partition coefficient (Wildman–Crippen LogP) is 3.82. The van der Waals surface area contributed by atoms with Crippen LogP contribution in [0.4, 0.5) is 11.4 Å². The molecule has 140 valence electrons. The molecule has 1 amide bonds. The van der Waals surface area contributed by atoms with E-state index in [1.54, 1.807) is 17.2 Å². The van der Waals surface area contributed by atoms with Crippen molar-refractivity contribution < 1.29 is 14.5 Å². The Kier molecular flexibility index (Phi) is 5.55. The number of hydrogen-bond donors (Lipinski definition) is 0. The second kappa shape index (κ2) is 7.87. The highest BCUT2D eigenvalue weighted by atomic mass is 79.9. The van der Waals surface area contributed by atoms with Gasteiger partial charge in [0.15, 0.2) is 6.61 Å². The number of benzene rings is 2. The molecule has 0 unspecified atom stereocenters. The average molecular weight is 432 g/mol. The highest BCUT2D eigenvalue weighted by Crippen LogP contribution is 2.31. The van der Waals surface area contributed by atoms with Gasteiger partial charge < -0.3 is 9.64 Å². The fourth-order valence-corrected chi connectivity index (χ4v) is 3.79. The molecule has 3 rings (SSSR count). The molecule has 7 nitrogen and oxygen atoms in total. The van der Waals surface area contributed by atoms with Crippen LogP contribution in [0.3, 0.4) is 0 Å². The monoisotopic (exact) mass is 431 g/mol. The van der Waals surface area contributed by atoms with Crippen LogP contribution in [0.2, 0.25) is 0 Å². The molecule has 8 heteroatoms. The maximum Gasteiger partial charge on any atom is 0.270 e. The third-order valence-corrected chi connectivity index (χ3v) is 4.80. The van der Waals surface area contributed by atoms with Gasteiger partial charge in [0.05, 0.1) is 21.6 Å². The van der Waals surface area contributed by atoms with Gasteiger partial charge in [0.2, 0.25) is 0 Å². The summed E-state index contributed by atoms with van der Waals surface area (Å²) < 4.78 is 6.56. The summed E-state index contributed by atoms with van der Waals surface area (Å²) in [6, 6.07) is 8.31. The summed E-state index contributed by atoms with van der Waals surface area (Å²) in [6.07, 6.45) is 1.57. The lowest BCUT2D eigenvalue weighted by atomic mass is 10.1. The lowest BCUT2D eigenvalue weighted by molar-refractivity contribution is -0.384. The molecule has 0 aliphatic carbocycles. The first-order chi connectivity index (χ1) is 12.9. The summed E-state index contributed by atoms with van der Waals surface area (Å²) in [5.74, 6) is 0.395. The number of aryl methyl sites for hydroxylation is 2. The van der Waals surface area contributed by atoms with E-state index in [0.29, 0.717) is 30.1 Å². The molecule has 0 saturated carbocycles. The van der Waals surface area contributed by atoms with Crippen LogP contribution in [0, 0.1) is 24.0 Å². The fourth-order valence-electron chi connectivity index (χ4n) is 3.00. The summed E-state index contributed by atoms with van der Waals surface area (Å²) in [5.41, 5.74) is 3.13. The average Bonchev–Trinajstić information content (AvgIpc) is 2.82. The molecule has 0 N–H and O–H groups in total. The van der Waals surface area contributed by atoms with Crippen molar-refractivity contribution in [2.24, 2.45) is 4.99 Å². The summed E-state index contributed by atoms with van der Waals surface area (Å²) in [4.78, 5) is 29.1. The molecule has 0 bridgehead atoms. The number of nitro groups is 1. The lowest BCUT2D eigenvalue weighted by Crippen LogP contribution is -2.37. The maximum absolute atomic E-state index is 12.8. The van der Waals surface area contributed by atoms with Crippen LogP contribution in [-0.2, 0) is 4.79 Å². The Bertz CT molecular complexity index is 920. The summed E-state index contributed by atoms with van der Waals surface area (Å²) in [7, 11) is 0. The maximum atomic E-state index is 12.8. The Hall–Kier alpha value is -2.74. The summed E-state index contributed by atoms with van der Waals surface area (Å²) >= 11 is 3.47. The standard InChI is InChI=1S/C19H18BrN3O4/c1-12-7-13(2)19(16(20)8-12)27-11-18(24)22-6-5-21-10-14-9-15(23(25)26)3-4-17(14)22/h3-4,7-10H,5-6,11H2,1-2H3. The van der Waals surface area contributed by atoms with Gasteiger partial charge in [-0.15, -0.1) is 0 Å². The van der Waals surface area contributed by atoms with Crippen LogP contribution in [0.25, 0.3) is 0 Å². The number of ether oxygens (including phenoxy) is 1. The molecule has 1 aliphatic rings. The van der Waals surface area contributed by atoms with E-state index in [1.807, 2.05) is 26.0 Å². The number of halogens is 1. The minimum atomic E-state index is -0.466. The Morgan fingerprint density at radius 1 is 1.33 bits per heavy atom. The van der Waals surface area contributed by atoms with Crippen LogP contribution in [-0.4, -0.2) is 36.7 Å². The molecule has 1 heterocycles. The first kappa shape index (κ1) is 19.0. The minimum absolute atomic E-state index is 0.0371. The number of anilines is 1. The Morgan fingerprint density at radius 2 is 2.11 bits per heavy atom. The second-order valence-electron chi connectivity index (χ2n) is 6.26. The number of aliphatic imine (C=N–C) groups is 1. The molecule has 0 aromatic heterocycles. The van der Waals surface area contributed by atoms with Crippen LogP contribution in [0.1, 0.15) is 16.7 Å². The van der Waals surface area contributed by atoms with Crippen molar-refractivity contribution in [2.45, 2.75) is 13.8 Å². The smallest absolute Gasteiger partial charge is 0.270 e. The molecule has 0 saturated heterocycles. The van der Waals surface area contributed by atoms with Gasteiger partial charge in [-0.3, -0.25) is 19.9 Å². The third kappa shape index (κ3) is 4.16. The number of carbonyl (C=O) groups is 1. The van der Waals surface area contributed by atoms with Crippen molar-refractivity contribution in [2.75, 3.05) is 24.6 Å². The third-order valence-electron chi connectivity index (χ3n) is 4.21. The molecule has 0 fully saturated rings. The number of nitrogens with zero attached hydrogens (tertiary/aromatic N) is 3. The number of hydrogen-bond acceptors (Lipinski definition) is 5. The largest absolute Gasteiger partial charge is 0.482 e. The van der Waals surface area contributed by atoms with Crippen molar-refractivity contribution in [3.63, 3.8) is 0 Å². The molecular formula is C19H18BrN3O4. The van der Waals surface area contributed by atoms with E-state index in [1.165, 1.54) is 12.1 Å². The van der Waals surface area contributed by atoms with E-state index in [2.05, 4.69) is 20.9 Å². The van der Waals surface area contributed by atoms with Crippen LogP contribution in [0.5, 0.6) is 5.75 Å². The first-order valence-corrected chi connectivity index (χ1v) is 9.14. The molecule has 0 radical (unpaired) electrons. The van der Waals surface area contributed by atoms with Crippen molar-refractivity contribution in [3.05, 3.63) is 61.6 Å². The van der Waals surface area contributed by atoms with Crippen LogP contribution in [0.15, 0.2) is 39.8 Å². The Morgan fingerprint density at radius 3 is 2.81 bits per heavy atom. The number of non-ortho nitro benzene ring substituents is 1. The predicted molar refractivity (Wildman–Crippen MR) is 107 cm³/mol. The first-order valence-electron chi connectivity index (χ1n) is 8.35. The number of carbonyl (C=O) groups excluding carboxylic acids is 1. The summed E-state index contributed by atoms with van der Waals surface area (Å²) in [6.45, 7) is 4.57. The number of amides is 1. The van der Waals surface area contributed by atoms with Gasteiger partial charge in [-0.05, 0) is 53.0 Å². The van der Waals surface area contributed by atoms with Crippen LogP contribution >= 0.6 is 15.9 Å². The van der Waals surface area contributed by atoms with Gasteiger partial charge in [0.1, 0.15) is 5.75 Å². The minimum Gasteiger partial charge on any atom is -0.482 e. The molecule has 1 aliphatic heterocycles. The van der Waals surface area contributed by atoms with E-state index in [9.17, 15) is 14.9 Å². The quantitative estimate of drug-likeness (QED) is 0.543. The molecule has 0 atom stereocenters. The molecule has 2 aromatic carbocycles. The van der Waals surface area contributed by atoms with E-state index in [4.69, 9.17) is 4.74 Å². The van der Waals surface area contributed by atoms with Gasteiger partial charge in [0, 0.05) is 30.5 Å². The van der Waals surface area contributed by atoms with Crippen LogP contribution < -0.4 is 9.64 Å². The fraction of sp³-hybridized carbons (Fsp3) is 0.263. The van der Waals surface area contributed by atoms with Gasteiger partial charge in [-0.25, -0.2) is 0 Å². The number of benzodiazepines with no additional fused rings is 1. The zero-order chi connectivity index (χ0) is 19.6. The van der Waals surface area contributed by atoms with Gasteiger partial charge >= 0.3 is 0 Å². The van der Waals surface area contributed by atoms with E-state index >= 15 is 0 Å². The SMILES string of the molecule is Cc1cc(C)c(OCC(=O)N2CCN=Cc3cc([N+](=O)[O-])ccc32)c(Br)c1. The lowest BCUT2D eigenvalue weighted by Gasteiger charge is -2.23. The van der Waals surface area contributed by atoms with Gasteiger partial charge in [-0.1, -0.05) is 6.07 Å². The second-order valence-corrected chi connectivity index (χ2v) is 7.12. The molecular weight excluding hydrogens is 414 g/mol. The molecule has 27 heavy (non-hydrogen) atoms.